The molecule has 2 rings (SSSR count). The van der Waals surface area contributed by atoms with Crippen LogP contribution in [0.3, 0.4) is 0 Å². The van der Waals surface area contributed by atoms with E-state index in [0.717, 1.165) is 19.4 Å². The van der Waals surface area contributed by atoms with Crippen molar-refractivity contribution in [2.24, 2.45) is 5.92 Å². The first-order valence-corrected chi connectivity index (χ1v) is 5.71. The average molecular weight is 215 g/mol. The van der Waals surface area contributed by atoms with Gasteiger partial charge < -0.3 is 0 Å². The molecule has 0 amide bonds. The van der Waals surface area contributed by atoms with E-state index in [2.05, 4.69) is 47.3 Å². The van der Waals surface area contributed by atoms with Crippen LogP contribution in [0.2, 0.25) is 0 Å². The second kappa shape index (κ2) is 5.45. The monoisotopic (exact) mass is 215 g/mol. The van der Waals surface area contributed by atoms with E-state index >= 15 is 0 Å². The van der Waals surface area contributed by atoms with Gasteiger partial charge in [-0.15, -0.1) is 0 Å². The summed E-state index contributed by atoms with van der Waals surface area (Å²) in [6.07, 6.45) is 5.63. The molecule has 3 nitrogen and oxygen atoms in total. The van der Waals surface area contributed by atoms with Gasteiger partial charge in [-0.2, -0.15) is 5.10 Å². The summed E-state index contributed by atoms with van der Waals surface area (Å²) in [5.74, 6) is 0.673. The molecule has 3 heteroatoms. The van der Waals surface area contributed by atoms with Crippen molar-refractivity contribution < 1.29 is 0 Å². The minimum Gasteiger partial charge on any atom is -0.253 e. The van der Waals surface area contributed by atoms with E-state index in [-0.39, 0.29) is 0 Å². The highest BCUT2D eigenvalue weighted by atomic mass is 15.3. The topological polar surface area (TPSA) is 30.7 Å². The van der Waals surface area contributed by atoms with Gasteiger partial charge in [0.1, 0.15) is 12.7 Å². The normalized spacial score (nSPS) is 12.6. The van der Waals surface area contributed by atoms with Gasteiger partial charge in [0.2, 0.25) is 0 Å². The highest BCUT2D eigenvalue weighted by molar-refractivity contribution is 5.14. The van der Waals surface area contributed by atoms with E-state index in [1.165, 1.54) is 5.56 Å². The maximum absolute atomic E-state index is 4.10. The molecule has 0 saturated carbocycles. The third-order valence-electron chi connectivity index (χ3n) is 2.74. The predicted octanol–water partition coefficient (Wildman–Crippen LogP) is 2.55. The van der Waals surface area contributed by atoms with Gasteiger partial charge in [-0.3, -0.25) is 4.68 Å². The first-order valence-electron chi connectivity index (χ1n) is 5.71. The number of rotatable bonds is 5. The molecule has 1 atom stereocenters. The minimum absolute atomic E-state index is 0.673. The van der Waals surface area contributed by atoms with Crippen molar-refractivity contribution in [3.63, 3.8) is 0 Å². The lowest BCUT2D eigenvalue weighted by molar-refractivity contribution is 0.456. The van der Waals surface area contributed by atoms with Gasteiger partial charge in [-0.25, -0.2) is 4.98 Å². The second-order valence-corrected chi connectivity index (χ2v) is 4.24. The number of hydrogen-bond donors (Lipinski definition) is 0. The van der Waals surface area contributed by atoms with Crippen LogP contribution in [0.25, 0.3) is 0 Å². The Morgan fingerprint density at radius 2 is 2.06 bits per heavy atom. The summed E-state index contributed by atoms with van der Waals surface area (Å²) in [7, 11) is 0. The number of aromatic nitrogens is 3. The maximum Gasteiger partial charge on any atom is 0.137 e. The SMILES string of the molecule is C[C@@H](CCn1cncn1)Cc1ccccc1. The third kappa shape index (κ3) is 3.19. The van der Waals surface area contributed by atoms with Crippen molar-refractivity contribution in [2.75, 3.05) is 0 Å². The Balaban J connectivity index is 1.78. The maximum atomic E-state index is 4.10. The van der Waals surface area contributed by atoms with Crippen LogP contribution in [-0.2, 0) is 13.0 Å². The smallest absolute Gasteiger partial charge is 0.137 e. The molecule has 1 heterocycles. The summed E-state index contributed by atoms with van der Waals surface area (Å²) in [5.41, 5.74) is 1.41. The molecule has 0 radical (unpaired) electrons. The molecule has 1 aromatic carbocycles. The summed E-state index contributed by atoms with van der Waals surface area (Å²) >= 11 is 0. The molecule has 0 aliphatic rings. The van der Waals surface area contributed by atoms with E-state index in [1.54, 1.807) is 12.7 Å². The quantitative estimate of drug-likeness (QED) is 0.767. The van der Waals surface area contributed by atoms with Crippen LogP contribution < -0.4 is 0 Å². The Labute approximate surface area is 96.1 Å². The lowest BCUT2D eigenvalue weighted by atomic mass is 9.98. The van der Waals surface area contributed by atoms with Crippen LogP contribution >= 0.6 is 0 Å². The van der Waals surface area contributed by atoms with Crippen molar-refractivity contribution >= 4 is 0 Å². The van der Waals surface area contributed by atoms with Gasteiger partial charge in [-0.1, -0.05) is 37.3 Å². The molecule has 0 spiro atoms. The molecule has 0 aliphatic carbocycles. The fraction of sp³-hybridized carbons (Fsp3) is 0.385. The Hall–Kier alpha value is -1.64. The predicted molar refractivity (Wildman–Crippen MR) is 63.9 cm³/mol. The van der Waals surface area contributed by atoms with Crippen molar-refractivity contribution in [1.29, 1.82) is 0 Å². The number of hydrogen-bond acceptors (Lipinski definition) is 2. The fourth-order valence-electron chi connectivity index (χ4n) is 1.82. The average Bonchev–Trinajstić information content (AvgIpc) is 2.81. The molecular weight excluding hydrogens is 198 g/mol. The first-order chi connectivity index (χ1) is 7.84. The largest absolute Gasteiger partial charge is 0.253 e. The fourth-order valence-corrected chi connectivity index (χ4v) is 1.82. The van der Waals surface area contributed by atoms with Crippen molar-refractivity contribution in [1.82, 2.24) is 14.8 Å². The van der Waals surface area contributed by atoms with Crippen LogP contribution in [0, 0.1) is 5.92 Å². The van der Waals surface area contributed by atoms with Gasteiger partial charge >= 0.3 is 0 Å². The Morgan fingerprint density at radius 3 is 2.75 bits per heavy atom. The van der Waals surface area contributed by atoms with Gasteiger partial charge in [0.25, 0.3) is 0 Å². The van der Waals surface area contributed by atoms with E-state index < -0.39 is 0 Å². The molecule has 1 aromatic heterocycles. The Kier molecular flexibility index (Phi) is 3.70. The molecule has 84 valence electrons. The third-order valence-corrected chi connectivity index (χ3v) is 2.74. The highest BCUT2D eigenvalue weighted by Gasteiger charge is 2.03. The highest BCUT2D eigenvalue weighted by Crippen LogP contribution is 2.12. The standard InChI is InChI=1S/C13H17N3/c1-12(7-8-16-11-14-10-15-16)9-13-5-3-2-4-6-13/h2-6,10-12H,7-9H2,1H3/t12-/m0/s1. The van der Waals surface area contributed by atoms with Gasteiger partial charge in [0, 0.05) is 6.54 Å². The van der Waals surface area contributed by atoms with Gasteiger partial charge in [0.05, 0.1) is 0 Å². The summed E-state index contributed by atoms with van der Waals surface area (Å²) < 4.78 is 1.89. The minimum atomic E-state index is 0.673. The zero-order valence-corrected chi connectivity index (χ0v) is 9.58. The molecule has 0 unspecified atom stereocenters. The summed E-state index contributed by atoms with van der Waals surface area (Å²) in [5, 5.41) is 4.10. The van der Waals surface area contributed by atoms with E-state index in [9.17, 15) is 0 Å². The van der Waals surface area contributed by atoms with Crippen LogP contribution in [-0.4, -0.2) is 14.8 Å². The van der Waals surface area contributed by atoms with E-state index in [4.69, 9.17) is 0 Å². The molecule has 0 saturated heterocycles. The second-order valence-electron chi connectivity index (χ2n) is 4.24. The molecule has 2 aromatic rings. The molecule has 0 N–H and O–H groups in total. The molecule has 0 fully saturated rings. The van der Waals surface area contributed by atoms with Crippen LogP contribution in [0.5, 0.6) is 0 Å². The van der Waals surface area contributed by atoms with E-state index in [0.29, 0.717) is 5.92 Å². The molecule has 0 bridgehead atoms. The number of nitrogens with zero attached hydrogens (tertiary/aromatic N) is 3. The first kappa shape index (κ1) is 10.9. The van der Waals surface area contributed by atoms with Crippen molar-refractivity contribution in [2.45, 2.75) is 26.3 Å². The summed E-state index contributed by atoms with van der Waals surface area (Å²) in [6, 6.07) is 10.6. The number of benzene rings is 1. The lowest BCUT2D eigenvalue weighted by Crippen LogP contribution is -2.06. The van der Waals surface area contributed by atoms with Crippen LogP contribution in [0.4, 0.5) is 0 Å². The lowest BCUT2D eigenvalue weighted by Gasteiger charge is -2.10. The zero-order valence-electron chi connectivity index (χ0n) is 9.58. The summed E-state index contributed by atoms with van der Waals surface area (Å²) in [6.45, 7) is 3.23. The van der Waals surface area contributed by atoms with Crippen molar-refractivity contribution in [3.8, 4) is 0 Å². The van der Waals surface area contributed by atoms with Crippen LogP contribution in [0.1, 0.15) is 18.9 Å². The number of aryl methyl sites for hydroxylation is 1. The van der Waals surface area contributed by atoms with E-state index in [1.807, 2.05) is 4.68 Å². The van der Waals surface area contributed by atoms with Gasteiger partial charge in [-0.05, 0) is 24.3 Å². The zero-order chi connectivity index (χ0) is 11.2. The molecule has 0 aliphatic heterocycles. The van der Waals surface area contributed by atoms with Crippen LogP contribution in [0.15, 0.2) is 43.0 Å². The summed E-state index contributed by atoms with van der Waals surface area (Å²) in [4.78, 5) is 3.94. The Morgan fingerprint density at radius 1 is 1.25 bits per heavy atom. The Bertz CT molecular complexity index is 394. The van der Waals surface area contributed by atoms with Gasteiger partial charge in [0.15, 0.2) is 0 Å². The molecule has 16 heavy (non-hydrogen) atoms. The van der Waals surface area contributed by atoms with Crippen molar-refractivity contribution in [3.05, 3.63) is 48.5 Å². The molecular formula is C13H17N3.